The minimum atomic E-state index is -0.128. The number of halogens is 1. The Hall–Kier alpha value is -1.84. The molecule has 2 N–H and O–H groups in total. The first-order valence-electron chi connectivity index (χ1n) is 6.65. The van der Waals surface area contributed by atoms with Crippen LogP contribution < -0.4 is 10.6 Å². The molecule has 6 nitrogen and oxygen atoms in total. The fourth-order valence-electron chi connectivity index (χ4n) is 1.77. The molecule has 0 atom stereocenters. The van der Waals surface area contributed by atoms with E-state index in [1.807, 2.05) is 30.5 Å². The summed E-state index contributed by atoms with van der Waals surface area (Å²) in [6.45, 7) is 1.95. The molecule has 0 aliphatic rings. The standard InChI is InChI=1S/C14H12BrN5OS2/c1-8-6-16-13(23-8)20-12(21)5-9-7-22-14(17-9)19-11-4-2-3-10(15)18-11/h2-4,6-7H,5H2,1H3,(H,16,20,21)(H,17,18,19). The highest BCUT2D eigenvalue weighted by Gasteiger charge is 2.10. The Labute approximate surface area is 149 Å². The number of pyridine rings is 1. The lowest BCUT2D eigenvalue weighted by Crippen LogP contribution is -2.14. The number of anilines is 3. The van der Waals surface area contributed by atoms with Crippen LogP contribution >= 0.6 is 38.6 Å². The normalized spacial score (nSPS) is 10.5. The van der Waals surface area contributed by atoms with E-state index in [-0.39, 0.29) is 12.3 Å². The first kappa shape index (κ1) is 16.0. The summed E-state index contributed by atoms with van der Waals surface area (Å²) in [4.78, 5) is 25.8. The van der Waals surface area contributed by atoms with E-state index in [1.165, 1.54) is 22.7 Å². The summed E-state index contributed by atoms with van der Waals surface area (Å²) in [7, 11) is 0. The first-order chi connectivity index (χ1) is 11.1. The van der Waals surface area contributed by atoms with Gasteiger partial charge in [-0.1, -0.05) is 6.07 Å². The summed E-state index contributed by atoms with van der Waals surface area (Å²) in [6.07, 6.45) is 1.94. The number of hydrogen-bond acceptors (Lipinski definition) is 7. The van der Waals surface area contributed by atoms with Crippen LogP contribution in [0.3, 0.4) is 0 Å². The molecular weight excluding hydrogens is 398 g/mol. The summed E-state index contributed by atoms with van der Waals surface area (Å²) in [5.74, 6) is 0.569. The third-order valence-corrected chi connectivity index (χ3v) is 4.79. The van der Waals surface area contributed by atoms with E-state index in [9.17, 15) is 4.79 Å². The Kier molecular flexibility index (Phi) is 4.99. The maximum Gasteiger partial charge on any atom is 0.232 e. The summed E-state index contributed by atoms with van der Waals surface area (Å²) < 4.78 is 0.748. The van der Waals surface area contributed by atoms with Gasteiger partial charge in [-0.25, -0.2) is 15.0 Å². The SMILES string of the molecule is Cc1cnc(NC(=O)Cc2csc(Nc3cccc(Br)n3)n2)s1. The van der Waals surface area contributed by atoms with E-state index in [0.717, 1.165) is 9.48 Å². The van der Waals surface area contributed by atoms with Crippen LogP contribution in [0.4, 0.5) is 16.1 Å². The second kappa shape index (κ2) is 7.16. The van der Waals surface area contributed by atoms with Crippen LogP contribution in [0.25, 0.3) is 0 Å². The molecule has 23 heavy (non-hydrogen) atoms. The van der Waals surface area contributed by atoms with Crippen molar-refractivity contribution in [2.24, 2.45) is 0 Å². The van der Waals surface area contributed by atoms with Gasteiger partial charge in [0.25, 0.3) is 0 Å². The lowest BCUT2D eigenvalue weighted by molar-refractivity contribution is -0.115. The zero-order valence-corrected chi connectivity index (χ0v) is 15.3. The molecule has 3 heterocycles. The summed E-state index contributed by atoms with van der Waals surface area (Å²) in [6, 6.07) is 5.59. The Morgan fingerprint density at radius 2 is 2.17 bits per heavy atom. The Morgan fingerprint density at radius 1 is 1.30 bits per heavy atom. The molecule has 0 aliphatic heterocycles. The third kappa shape index (κ3) is 4.57. The first-order valence-corrected chi connectivity index (χ1v) is 9.14. The lowest BCUT2D eigenvalue weighted by Gasteiger charge is -2.01. The van der Waals surface area contributed by atoms with Gasteiger partial charge in [0.05, 0.1) is 12.1 Å². The van der Waals surface area contributed by atoms with Gasteiger partial charge in [0, 0.05) is 16.5 Å². The molecule has 0 fully saturated rings. The van der Waals surface area contributed by atoms with Crippen molar-refractivity contribution in [2.45, 2.75) is 13.3 Å². The van der Waals surface area contributed by atoms with Crippen LogP contribution in [0.5, 0.6) is 0 Å². The van der Waals surface area contributed by atoms with E-state index in [1.54, 1.807) is 6.20 Å². The van der Waals surface area contributed by atoms with Crippen LogP contribution in [-0.2, 0) is 11.2 Å². The van der Waals surface area contributed by atoms with E-state index in [4.69, 9.17) is 0 Å². The van der Waals surface area contributed by atoms with Crippen molar-refractivity contribution in [1.82, 2.24) is 15.0 Å². The predicted molar refractivity (Wildman–Crippen MR) is 96.5 cm³/mol. The second-order valence-electron chi connectivity index (χ2n) is 4.62. The average molecular weight is 410 g/mol. The number of amides is 1. The topological polar surface area (TPSA) is 79.8 Å². The van der Waals surface area contributed by atoms with E-state index < -0.39 is 0 Å². The molecule has 0 saturated carbocycles. The minimum absolute atomic E-state index is 0.128. The molecule has 1 amide bonds. The van der Waals surface area contributed by atoms with Gasteiger partial charge in [-0.05, 0) is 35.0 Å². The Bertz CT molecular complexity index is 832. The molecular formula is C14H12BrN5OS2. The smallest absolute Gasteiger partial charge is 0.232 e. The summed E-state index contributed by atoms with van der Waals surface area (Å²) in [5.41, 5.74) is 0.707. The monoisotopic (exact) mass is 409 g/mol. The molecule has 0 aromatic carbocycles. The van der Waals surface area contributed by atoms with Crippen molar-refractivity contribution in [3.05, 3.63) is 45.0 Å². The van der Waals surface area contributed by atoms with Crippen LogP contribution in [0, 0.1) is 6.92 Å². The van der Waals surface area contributed by atoms with Crippen LogP contribution in [0.2, 0.25) is 0 Å². The van der Waals surface area contributed by atoms with Gasteiger partial charge in [-0.2, -0.15) is 0 Å². The van der Waals surface area contributed by atoms with Crippen molar-refractivity contribution in [1.29, 1.82) is 0 Å². The molecule has 118 valence electrons. The van der Waals surface area contributed by atoms with E-state index >= 15 is 0 Å². The molecule has 0 radical (unpaired) electrons. The quantitative estimate of drug-likeness (QED) is 0.622. The van der Waals surface area contributed by atoms with Crippen molar-refractivity contribution in [2.75, 3.05) is 10.6 Å². The minimum Gasteiger partial charge on any atom is -0.316 e. The molecule has 3 aromatic heterocycles. The molecule has 0 saturated heterocycles. The van der Waals surface area contributed by atoms with Gasteiger partial charge >= 0.3 is 0 Å². The third-order valence-electron chi connectivity index (χ3n) is 2.71. The zero-order chi connectivity index (χ0) is 16.2. The van der Waals surface area contributed by atoms with Gasteiger partial charge in [-0.3, -0.25) is 4.79 Å². The van der Waals surface area contributed by atoms with Crippen molar-refractivity contribution in [3.63, 3.8) is 0 Å². The highest BCUT2D eigenvalue weighted by Crippen LogP contribution is 2.22. The van der Waals surface area contributed by atoms with E-state index in [0.29, 0.717) is 21.8 Å². The van der Waals surface area contributed by atoms with Gasteiger partial charge in [0.1, 0.15) is 10.4 Å². The molecule has 9 heteroatoms. The van der Waals surface area contributed by atoms with Gasteiger partial charge in [0.15, 0.2) is 10.3 Å². The van der Waals surface area contributed by atoms with Gasteiger partial charge < -0.3 is 10.6 Å². The van der Waals surface area contributed by atoms with Gasteiger partial charge in [-0.15, -0.1) is 22.7 Å². The fourth-order valence-corrected chi connectivity index (χ4v) is 3.51. The lowest BCUT2D eigenvalue weighted by atomic mass is 10.3. The number of thiazole rings is 2. The van der Waals surface area contributed by atoms with Crippen molar-refractivity contribution < 1.29 is 4.79 Å². The molecule has 0 bridgehead atoms. The number of aryl methyl sites for hydroxylation is 1. The number of rotatable bonds is 5. The van der Waals surface area contributed by atoms with Crippen molar-refractivity contribution >= 4 is 60.6 Å². The van der Waals surface area contributed by atoms with Crippen molar-refractivity contribution in [3.8, 4) is 0 Å². The van der Waals surface area contributed by atoms with E-state index in [2.05, 4.69) is 41.5 Å². The number of aromatic nitrogens is 3. The van der Waals surface area contributed by atoms with Crippen LogP contribution in [0.15, 0.2) is 34.4 Å². The average Bonchev–Trinajstić information content (AvgIpc) is 3.08. The van der Waals surface area contributed by atoms with Gasteiger partial charge in [0.2, 0.25) is 5.91 Å². The van der Waals surface area contributed by atoms with Crippen LogP contribution in [0.1, 0.15) is 10.6 Å². The Morgan fingerprint density at radius 3 is 2.91 bits per heavy atom. The highest BCUT2D eigenvalue weighted by atomic mass is 79.9. The molecule has 3 rings (SSSR count). The number of nitrogens with zero attached hydrogens (tertiary/aromatic N) is 3. The highest BCUT2D eigenvalue weighted by molar-refractivity contribution is 9.10. The Balaban J connectivity index is 1.59. The van der Waals surface area contributed by atoms with Crippen LogP contribution in [-0.4, -0.2) is 20.9 Å². The predicted octanol–water partition coefficient (Wildman–Crippen LogP) is 3.99. The fraction of sp³-hybridized carbons (Fsp3) is 0.143. The number of nitrogens with one attached hydrogen (secondary N) is 2. The summed E-state index contributed by atoms with van der Waals surface area (Å²) >= 11 is 6.20. The summed E-state index contributed by atoms with van der Waals surface area (Å²) in [5, 5.41) is 9.05. The largest absolute Gasteiger partial charge is 0.316 e. The number of hydrogen-bond donors (Lipinski definition) is 2. The number of carbonyl (C=O) groups is 1. The molecule has 0 spiro atoms. The maximum absolute atomic E-state index is 12.0. The molecule has 0 unspecified atom stereocenters. The number of carbonyl (C=O) groups excluding carboxylic acids is 1. The zero-order valence-electron chi connectivity index (χ0n) is 12.0. The molecule has 0 aliphatic carbocycles. The second-order valence-corrected chi connectivity index (χ2v) is 7.52. The maximum atomic E-state index is 12.0. The molecule has 3 aromatic rings.